The molecule has 0 aromatic carbocycles. The molecule has 0 fully saturated rings. The van der Waals surface area contributed by atoms with Crippen molar-refractivity contribution in [2.24, 2.45) is 0 Å². The first-order chi connectivity index (χ1) is 5.08. The molecule has 11 heavy (non-hydrogen) atoms. The smallest absolute Gasteiger partial charge is 0.212 e. The van der Waals surface area contributed by atoms with Crippen LogP contribution in [0.2, 0.25) is 0 Å². The Morgan fingerprint density at radius 1 is 1.18 bits per heavy atom. The van der Waals surface area contributed by atoms with E-state index in [1.165, 1.54) is 4.31 Å². The normalized spacial score (nSPS) is 12.4. The molecule has 0 unspecified atom stereocenters. The number of rotatable bonds is 5. The molecular weight excluding hydrogens is 162 g/mol. The van der Waals surface area contributed by atoms with Gasteiger partial charge in [-0.2, -0.15) is 0 Å². The number of sulfonamides is 1. The molecule has 0 N–H and O–H groups in total. The topological polar surface area (TPSA) is 37.4 Å². The maximum atomic E-state index is 11.2. The molecule has 0 saturated heterocycles. The number of hydrogen-bond acceptors (Lipinski definition) is 2. The third-order valence-corrected chi connectivity index (χ3v) is 3.54. The Hall–Kier alpha value is -0.0900. The molecule has 0 bridgehead atoms. The Balaban J connectivity index is 4.25. The van der Waals surface area contributed by atoms with Crippen LogP contribution in [0.25, 0.3) is 0 Å². The van der Waals surface area contributed by atoms with Crippen LogP contribution < -0.4 is 0 Å². The lowest BCUT2D eigenvalue weighted by Gasteiger charge is -2.17. The van der Waals surface area contributed by atoms with Crippen LogP contribution in [0.15, 0.2) is 0 Å². The maximum absolute atomic E-state index is 11.2. The van der Waals surface area contributed by atoms with Crippen LogP contribution in [0.4, 0.5) is 0 Å². The summed E-state index contributed by atoms with van der Waals surface area (Å²) in [6, 6.07) is 0. The summed E-state index contributed by atoms with van der Waals surface area (Å²) in [4.78, 5) is 0. The highest BCUT2D eigenvalue weighted by Gasteiger charge is 2.15. The molecule has 0 aliphatic heterocycles. The Morgan fingerprint density at radius 3 is 2.00 bits per heavy atom. The minimum atomic E-state index is -2.94. The predicted octanol–water partition coefficient (Wildman–Crippen LogP) is 1.07. The molecule has 0 atom stereocenters. The Bertz CT molecular complexity index is 187. The standard InChI is InChI=1S/C7H17NO2S/c1-4-7-8(5-2)11(9,10)6-3/h4-7H2,1-3H3. The molecule has 0 radical (unpaired) electrons. The van der Waals surface area contributed by atoms with Crippen molar-refractivity contribution in [1.82, 2.24) is 4.31 Å². The van der Waals surface area contributed by atoms with E-state index in [2.05, 4.69) is 0 Å². The second kappa shape index (κ2) is 4.72. The van der Waals surface area contributed by atoms with Crippen molar-refractivity contribution in [2.45, 2.75) is 27.2 Å². The lowest BCUT2D eigenvalue weighted by atomic mass is 10.5. The molecule has 0 spiro atoms. The van der Waals surface area contributed by atoms with Gasteiger partial charge in [-0.25, -0.2) is 12.7 Å². The highest BCUT2D eigenvalue weighted by Crippen LogP contribution is 2.01. The van der Waals surface area contributed by atoms with Crippen molar-refractivity contribution in [1.29, 1.82) is 0 Å². The lowest BCUT2D eigenvalue weighted by Crippen LogP contribution is -2.32. The first-order valence-corrected chi connectivity index (χ1v) is 5.67. The van der Waals surface area contributed by atoms with E-state index in [0.717, 1.165) is 6.42 Å². The van der Waals surface area contributed by atoms with E-state index < -0.39 is 10.0 Å². The van der Waals surface area contributed by atoms with Gasteiger partial charge in [0.15, 0.2) is 0 Å². The Kier molecular flexibility index (Phi) is 4.68. The van der Waals surface area contributed by atoms with E-state index in [-0.39, 0.29) is 5.75 Å². The van der Waals surface area contributed by atoms with Crippen LogP contribution in [0.5, 0.6) is 0 Å². The van der Waals surface area contributed by atoms with Gasteiger partial charge in [-0.1, -0.05) is 13.8 Å². The van der Waals surface area contributed by atoms with Gasteiger partial charge in [0.05, 0.1) is 5.75 Å². The summed E-state index contributed by atoms with van der Waals surface area (Å²) in [6.07, 6.45) is 0.882. The summed E-state index contributed by atoms with van der Waals surface area (Å²) in [7, 11) is -2.94. The van der Waals surface area contributed by atoms with Gasteiger partial charge < -0.3 is 0 Å². The molecule has 0 aromatic rings. The van der Waals surface area contributed by atoms with Crippen LogP contribution in [0, 0.1) is 0 Å². The second-order valence-electron chi connectivity index (χ2n) is 2.39. The van der Waals surface area contributed by atoms with Crippen LogP contribution >= 0.6 is 0 Å². The highest BCUT2D eigenvalue weighted by molar-refractivity contribution is 7.89. The van der Waals surface area contributed by atoms with Crippen molar-refractivity contribution < 1.29 is 8.42 Å². The summed E-state index contributed by atoms with van der Waals surface area (Å²) in [5.41, 5.74) is 0. The third kappa shape index (κ3) is 3.20. The number of nitrogens with zero attached hydrogens (tertiary/aromatic N) is 1. The van der Waals surface area contributed by atoms with Crippen LogP contribution in [0.1, 0.15) is 27.2 Å². The molecule has 0 aliphatic rings. The van der Waals surface area contributed by atoms with Gasteiger partial charge in [0.2, 0.25) is 10.0 Å². The average molecular weight is 179 g/mol. The highest BCUT2D eigenvalue weighted by atomic mass is 32.2. The molecule has 0 aliphatic carbocycles. The Morgan fingerprint density at radius 2 is 1.73 bits per heavy atom. The van der Waals surface area contributed by atoms with Crippen molar-refractivity contribution in [3.63, 3.8) is 0 Å². The average Bonchev–Trinajstić information content (AvgIpc) is 2.00. The zero-order chi connectivity index (χ0) is 8.91. The largest absolute Gasteiger partial charge is 0.213 e. The monoisotopic (exact) mass is 179 g/mol. The molecule has 0 aromatic heterocycles. The summed E-state index contributed by atoms with van der Waals surface area (Å²) >= 11 is 0. The van der Waals surface area contributed by atoms with Crippen LogP contribution in [0.3, 0.4) is 0 Å². The predicted molar refractivity (Wildman–Crippen MR) is 47.0 cm³/mol. The van der Waals surface area contributed by atoms with Gasteiger partial charge in [-0.15, -0.1) is 0 Å². The zero-order valence-electron chi connectivity index (χ0n) is 7.50. The molecule has 0 amide bonds. The summed E-state index contributed by atoms with van der Waals surface area (Å²) in [6.45, 7) is 6.75. The first kappa shape index (κ1) is 10.9. The van der Waals surface area contributed by atoms with Crippen molar-refractivity contribution in [2.75, 3.05) is 18.8 Å². The Labute approximate surface area is 69.4 Å². The third-order valence-electron chi connectivity index (χ3n) is 1.58. The van der Waals surface area contributed by atoms with Gasteiger partial charge >= 0.3 is 0 Å². The minimum absolute atomic E-state index is 0.209. The van der Waals surface area contributed by atoms with Gasteiger partial charge in [0, 0.05) is 13.1 Å². The fourth-order valence-electron chi connectivity index (χ4n) is 0.926. The minimum Gasteiger partial charge on any atom is -0.212 e. The molecule has 3 nitrogen and oxygen atoms in total. The lowest BCUT2D eigenvalue weighted by molar-refractivity contribution is 0.428. The van der Waals surface area contributed by atoms with Crippen LogP contribution in [-0.2, 0) is 10.0 Å². The van der Waals surface area contributed by atoms with Crippen molar-refractivity contribution in [3.05, 3.63) is 0 Å². The quantitative estimate of drug-likeness (QED) is 0.633. The molecule has 0 rings (SSSR count). The molecule has 4 heteroatoms. The molecule has 0 saturated carbocycles. The molecule has 0 heterocycles. The van der Waals surface area contributed by atoms with E-state index >= 15 is 0 Å². The first-order valence-electron chi connectivity index (χ1n) is 4.06. The summed E-state index contributed by atoms with van der Waals surface area (Å²) in [5.74, 6) is 0.209. The van der Waals surface area contributed by atoms with E-state index in [9.17, 15) is 8.42 Å². The van der Waals surface area contributed by atoms with Crippen molar-refractivity contribution >= 4 is 10.0 Å². The van der Waals surface area contributed by atoms with E-state index in [0.29, 0.717) is 13.1 Å². The molecule has 68 valence electrons. The summed E-state index contributed by atoms with van der Waals surface area (Å²) in [5, 5.41) is 0. The van der Waals surface area contributed by atoms with Crippen LogP contribution in [-0.4, -0.2) is 31.6 Å². The summed E-state index contributed by atoms with van der Waals surface area (Å²) < 4.78 is 24.0. The van der Waals surface area contributed by atoms with E-state index in [1.54, 1.807) is 6.92 Å². The fraction of sp³-hybridized carbons (Fsp3) is 1.00. The fourth-order valence-corrected chi connectivity index (χ4v) is 2.15. The number of hydrogen-bond donors (Lipinski definition) is 0. The van der Waals surface area contributed by atoms with Crippen molar-refractivity contribution in [3.8, 4) is 0 Å². The molecular formula is C7H17NO2S. The van der Waals surface area contributed by atoms with Gasteiger partial charge in [-0.3, -0.25) is 0 Å². The second-order valence-corrected chi connectivity index (χ2v) is 4.65. The van der Waals surface area contributed by atoms with Gasteiger partial charge in [-0.05, 0) is 13.3 Å². The van der Waals surface area contributed by atoms with E-state index in [4.69, 9.17) is 0 Å². The SMILES string of the molecule is CCCN(CC)S(=O)(=O)CC. The van der Waals surface area contributed by atoms with Gasteiger partial charge in [0.1, 0.15) is 0 Å². The maximum Gasteiger partial charge on any atom is 0.213 e. The van der Waals surface area contributed by atoms with E-state index in [1.807, 2.05) is 13.8 Å². The van der Waals surface area contributed by atoms with Gasteiger partial charge in [0.25, 0.3) is 0 Å². The zero-order valence-corrected chi connectivity index (χ0v) is 8.32.